The average molecular weight is 367 g/mol. The van der Waals surface area contributed by atoms with Gasteiger partial charge in [0.2, 0.25) is 0 Å². The van der Waals surface area contributed by atoms with Gasteiger partial charge in [0.15, 0.2) is 16.6 Å². The molecule has 0 aliphatic carbocycles. The number of thiocarbonyl (C=S) groups is 1. The summed E-state index contributed by atoms with van der Waals surface area (Å²) in [5.74, 6) is 3.31. The minimum Gasteiger partial charge on any atom is -0.490 e. The second kappa shape index (κ2) is 7.61. The van der Waals surface area contributed by atoms with Crippen LogP contribution in [0.15, 0.2) is 18.2 Å². The molecule has 130 valence electrons. The summed E-state index contributed by atoms with van der Waals surface area (Å²) in [7, 11) is 0. The lowest BCUT2D eigenvalue weighted by Crippen LogP contribution is -2.34. The van der Waals surface area contributed by atoms with Gasteiger partial charge in [0.1, 0.15) is 6.04 Å². The van der Waals surface area contributed by atoms with Crippen molar-refractivity contribution >= 4 is 35.0 Å². The molecule has 1 aromatic rings. The molecule has 1 unspecified atom stereocenters. The molecule has 0 radical (unpaired) electrons. The summed E-state index contributed by atoms with van der Waals surface area (Å²) in [5.41, 5.74) is 1.11. The number of carbonyl (C=O) groups excluding carboxylic acids is 1. The van der Waals surface area contributed by atoms with Gasteiger partial charge in [-0.15, -0.1) is 11.8 Å². The van der Waals surface area contributed by atoms with Gasteiger partial charge in [0.25, 0.3) is 5.91 Å². The molecule has 2 saturated heterocycles. The largest absolute Gasteiger partial charge is 0.490 e. The molecule has 1 atom stereocenters. The van der Waals surface area contributed by atoms with Gasteiger partial charge in [-0.2, -0.15) is 0 Å². The van der Waals surface area contributed by atoms with Crippen LogP contribution in [-0.4, -0.2) is 58.2 Å². The van der Waals surface area contributed by atoms with Gasteiger partial charge < -0.3 is 14.4 Å². The van der Waals surface area contributed by atoms with Crippen LogP contribution >= 0.6 is 24.0 Å². The molecule has 0 N–H and O–H groups in total. The fourth-order valence-corrected chi connectivity index (χ4v) is 4.57. The van der Waals surface area contributed by atoms with E-state index < -0.39 is 0 Å². The predicted molar refractivity (Wildman–Crippen MR) is 99.7 cm³/mol. The molecule has 2 aliphatic rings. The highest BCUT2D eigenvalue weighted by Crippen LogP contribution is 2.31. The van der Waals surface area contributed by atoms with Crippen LogP contribution in [0.5, 0.6) is 11.5 Å². The molecule has 2 aliphatic heterocycles. The van der Waals surface area contributed by atoms with E-state index in [1.54, 1.807) is 16.7 Å². The van der Waals surface area contributed by atoms with E-state index in [0.717, 1.165) is 35.1 Å². The molecular weight excluding hydrogens is 344 g/mol. The molecule has 1 aromatic carbocycles. The molecule has 24 heavy (non-hydrogen) atoms. The minimum absolute atomic E-state index is 0.0539. The van der Waals surface area contributed by atoms with E-state index >= 15 is 0 Å². The van der Waals surface area contributed by atoms with Crippen LogP contribution in [0.1, 0.15) is 19.4 Å². The maximum atomic E-state index is 12.5. The summed E-state index contributed by atoms with van der Waals surface area (Å²) in [5, 5.41) is 0.672. The fourth-order valence-electron chi connectivity index (χ4n) is 2.96. The third kappa shape index (κ3) is 3.32. The topological polar surface area (TPSA) is 42.0 Å². The lowest BCUT2D eigenvalue weighted by atomic mass is 10.1. The fraction of sp³-hybridized carbons (Fsp3) is 0.529. The van der Waals surface area contributed by atoms with Gasteiger partial charge in [-0.05, 0) is 50.2 Å². The first-order valence-corrected chi connectivity index (χ1v) is 9.80. The lowest BCUT2D eigenvalue weighted by molar-refractivity contribution is -0.127. The summed E-state index contributed by atoms with van der Waals surface area (Å²) in [6.45, 7) is 5.70. The monoisotopic (exact) mass is 366 g/mol. The number of benzene rings is 1. The van der Waals surface area contributed by atoms with E-state index in [0.29, 0.717) is 24.9 Å². The molecule has 5 nitrogen and oxygen atoms in total. The summed E-state index contributed by atoms with van der Waals surface area (Å²) >= 11 is 7.23. The molecule has 1 amide bonds. The number of hydrogen-bond acceptors (Lipinski definition) is 5. The van der Waals surface area contributed by atoms with E-state index in [-0.39, 0.29) is 11.9 Å². The third-order valence-corrected chi connectivity index (χ3v) is 5.61. The summed E-state index contributed by atoms with van der Waals surface area (Å²) in [6, 6.07) is 5.90. The number of amides is 1. The van der Waals surface area contributed by atoms with E-state index in [1.807, 2.05) is 36.9 Å². The standard InChI is InChI=1S/C17H22N2O3S2/c1-3-21-14-6-5-12(9-15(14)22-4-2)7-8-18-16(20)13-10-24-11-19(13)17(18)23/h5-6,9,13H,3-4,7-8,10-11H2,1-2H3. The number of rotatable bonds is 7. The maximum Gasteiger partial charge on any atom is 0.252 e. The molecule has 0 aromatic heterocycles. The van der Waals surface area contributed by atoms with Gasteiger partial charge in [-0.25, -0.2) is 0 Å². The average Bonchev–Trinajstić information content (AvgIpc) is 3.14. The number of nitrogens with zero attached hydrogens (tertiary/aromatic N) is 2. The Morgan fingerprint density at radius 2 is 2.00 bits per heavy atom. The Morgan fingerprint density at radius 1 is 1.25 bits per heavy atom. The zero-order chi connectivity index (χ0) is 17.1. The zero-order valence-corrected chi connectivity index (χ0v) is 15.6. The van der Waals surface area contributed by atoms with Gasteiger partial charge in [-0.3, -0.25) is 9.69 Å². The number of thioether (sulfide) groups is 1. The van der Waals surface area contributed by atoms with Crippen molar-refractivity contribution in [3.8, 4) is 11.5 Å². The summed E-state index contributed by atoms with van der Waals surface area (Å²) < 4.78 is 11.3. The van der Waals surface area contributed by atoms with Crippen molar-refractivity contribution in [1.29, 1.82) is 0 Å². The Balaban J connectivity index is 1.67. The second-order valence-corrected chi connectivity index (χ2v) is 7.02. The van der Waals surface area contributed by atoms with Crippen LogP contribution in [0, 0.1) is 0 Å². The van der Waals surface area contributed by atoms with Crippen LogP contribution in [0.25, 0.3) is 0 Å². The van der Waals surface area contributed by atoms with Crippen LogP contribution in [0.3, 0.4) is 0 Å². The predicted octanol–water partition coefficient (Wildman–Crippen LogP) is 2.53. The second-order valence-electron chi connectivity index (χ2n) is 5.66. The van der Waals surface area contributed by atoms with Crippen LogP contribution in [0.4, 0.5) is 0 Å². The molecule has 0 spiro atoms. The summed E-state index contributed by atoms with van der Waals surface area (Å²) in [4.78, 5) is 16.2. The number of carbonyl (C=O) groups is 1. The third-order valence-electron chi connectivity index (χ3n) is 4.14. The Bertz CT molecular complexity index is 616. The van der Waals surface area contributed by atoms with Crippen molar-refractivity contribution in [2.24, 2.45) is 0 Å². The molecule has 2 fully saturated rings. The first kappa shape index (κ1) is 17.4. The molecule has 7 heteroatoms. The molecule has 3 rings (SSSR count). The van der Waals surface area contributed by atoms with Crippen molar-refractivity contribution < 1.29 is 14.3 Å². The summed E-state index contributed by atoms with van der Waals surface area (Å²) in [6.07, 6.45) is 0.742. The van der Waals surface area contributed by atoms with Crippen molar-refractivity contribution in [2.75, 3.05) is 31.4 Å². The number of fused-ring (bicyclic) bond motifs is 1. The Kier molecular flexibility index (Phi) is 5.50. The van der Waals surface area contributed by atoms with Gasteiger partial charge in [0.05, 0.1) is 19.1 Å². The smallest absolute Gasteiger partial charge is 0.252 e. The Labute approximate surface area is 152 Å². The first-order chi connectivity index (χ1) is 11.7. The van der Waals surface area contributed by atoms with E-state index in [9.17, 15) is 4.79 Å². The number of hydrogen-bond donors (Lipinski definition) is 0. The van der Waals surface area contributed by atoms with Crippen molar-refractivity contribution in [1.82, 2.24) is 9.80 Å². The lowest BCUT2D eigenvalue weighted by Gasteiger charge is -2.19. The van der Waals surface area contributed by atoms with Crippen molar-refractivity contribution in [3.63, 3.8) is 0 Å². The highest BCUT2D eigenvalue weighted by Gasteiger charge is 2.44. The normalized spacial score (nSPS) is 19.8. The minimum atomic E-state index is -0.0539. The molecular formula is C17H22N2O3S2. The highest BCUT2D eigenvalue weighted by atomic mass is 32.2. The van der Waals surface area contributed by atoms with E-state index in [4.69, 9.17) is 21.7 Å². The number of ether oxygens (including phenoxy) is 2. The van der Waals surface area contributed by atoms with Crippen LogP contribution in [-0.2, 0) is 11.2 Å². The van der Waals surface area contributed by atoms with Crippen molar-refractivity contribution in [3.05, 3.63) is 23.8 Å². The van der Waals surface area contributed by atoms with E-state index in [1.165, 1.54) is 0 Å². The first-order valence-electron chi connectivity index (χ1n) is 8.24. The zero-order valence-electron chi connectivity index (χ0n) is 14.0. The van der Waals surface area contributed by atoms with Gasteiger partial charge in [-0.1, -0.05) is 6.07 Å². The van der Waals surface area contributed by atoms with Crippen molar-refractivity contribution in [2.45, 2.75) is 26.3 Å². The molecule has 0 bridgehead atoms. The van der Waals surface area contributed by atoms with Gasteiger partial charge >= 0.3 is 0 Å². The van der Waals surface area contributed by atoms with Crippen LogP contribution < -0.4 is 9.47 Å². The van der Waals surface area contributed by atoms with Gasteiger partial charge in [0, 0.05) is 12.3 Å². The Hall–Kier alpha value is -1.47. The highest BCUT2D eigenvalue weighted by molar-refractivity contribution is 7.99. The van der Waals surface area contributed by atoms with E-state index in [2.05, 4.69) is 0 Å². The quantitative estimate of drug-likeness (QED) is 0.691. The maximum absolute atomic E-state index is 12.5. The Morgan fingerprint density at radius 3 is 2.71 bits per heavy atom. The SMILES string of the molecule is CCOc1ccc(CCN2C(=O)C3CSCN3C2=S)cc1OCC. The molecule has 2 heterocycles. The van der Waals surface area contributed by atoms with Crippen LogP contribution in [0.2, 0.25) is 0 Å². The molecule has 0 saturated carbocycles.